The molecule has 0 fully saturated rings. The monoisotopic (exact) mass is 138 g/mol. The molecular formula is C10H18. The molecule has 0 heteroatoms. The first-order chi connectivity index (χ1) is 4.79. The van der Waals surface area contributed by atoms with Gasteiger partial charge in [-0.1, -0.05) is 37.6 Å². The van der Waals surface area contributed by atoms with Crippen LogP contribution in [-0.2, 0) is 0 Å². The summed E-state index contributed by atoms with van der Waals surface area (Å²) in [5, 5.41) is 0. The van der Waals surface area contributed by atoms with Crippen molar-refractivity contribution in [3.63, 3.8) is 0 Å². The summed E-state index contributed by atoms with van der Waals surface area (Å²) in [6.45, 7) is 10.1. The van der Waals surface area contributed by atoms with E-state index in [1.54, 1.807) is 0 Å². The van der Waals surface area contributed by atoms with Gasteiger partial charge in [-0.2, -0.15) is 0 Å². The second-order valence-corrected chi connectivity index (χ2v) is 2.50. The molecule has 0 spiro atoms. The highest BCUT2D eigenvalue weighted by Crippen LogP contribution is 2.19. The molecule has 0 atom stereocenters. The standard InChI is InChI=1S/C8H12.C2H6/c1-7-4-3-5-8(2)6-7;1-2/h6H,1,3-5H2,2H3;1-2H3. The van der Waals surface area contributed by atoms with Gasteiger partial charge in [0.1, 0.15) is 0 Å². The van der Waals surface area contributed by atoms with Crippen LogP contribution in [-0.4, -0.2) is 0 Å². The van der Waals surface area contributed by atoms with Gasteiger partial charge in [0, 0.05) is 0 Å². The first kappa shape index (κ1) is 9.48. The lowest BCUT2D eigenvalue weighted by Gasteiger charge is -2.08. The van der Waals surface area contributed by atoms with Crippen molar-refractivity contribution in [2.75, 3.05) is 0 Å². The Hall–Kier alpha value is -0.520. The van der Waals surface area contributed by atoms with Gasteiger partial charge in [-0.3, -0.25) is 0 Å². The SMILES string of the molecule is C=C1C=C(C)CCC1.CC. The third-order valence-corrected chi connectivity index (χ3v) is 1.52. The third-order valence-electron chi connectivity index (χ3n) is 1.52. The molecule has 0 N–H and O–H groups in total. The first-order valence-electron chi connectivity index (χ1n) is 4.14. The van der Waals surface area contributed by atoms with Crippen molar-refractivity contribution in [3.05, 3.63) is 23.8 Å². The molecule has 0 nitrogen and oxygen atoms in total. The topological polar surface area (TPSA) is 0 Å². The Labute approximate surface area is 64.6 Å². The van der Waals surface area contributed by atoms with Crippen LogP contribution in [0.2, 0.25) is 0 Å². The largest absolute Gasteiger partial charge is 0.0958 e. The summed E-state index contributed by atoms with van der Waals surface area (Å²) in [6, 6.07) is 0. The normalized spacial score (nSPS) is 17.1. The maximum atomic E-state index is 3.89. The van der Waals surface area contributed by atoms with Crippen molar-refractivity contribution in [1.82, 2.24) is 0 Å². The summed E-state index contributed by atoms with van der Waals surface area (Å²) in [6.07, 6.45) is 5.99. The van der Waals surface area contributed by atoms with Crippen LogP contribution in [0.3, 0.4) is 0 Å². The van der Waals surface area contributed by atoms with Gasteiger partial charge in [0.2, 0.25) is 0 Å². The highest BCUT2D eigenvalue weighted by atomic mass is 14.1. The van der Waals surface area contributed by atoms with Gasteiger partial charge in [0.25, 0.3) is 0 Å². The van der Waals surface area contributed by atoms with Gasteiger partial charge >= 0.3 is 0 Å². The van der Waals surface area contributed by atoms with Gasteiger partial charge in [-0.25, -0.2) is 0 Å². The summed E-state index contributed by atoms with van der Waals surface area (Å²) < 4.78 is 0. The minimum Gasteiger partial charge on any atom is -0.0958 e. The van der Waals surface area contributed by atoms with Crippen molar-refractivity contribution in [3.8, 4) is 0 Å². The highest BCUT2D eigenvalue weighted by Gasteiger charge is 1.99. The maximum Gasteiger partial charge on any atom is -0.0282 e. The van der Waals surface area contributed by atoms with Crippen LogP contribution >= 0.6 is 0 Å². The predicted molar refractivity (Wildman–Crippen MR) is 48.1 cm³/mol. The number of hydrogen-bond acceptors (Lipinski definition) is 0. The fourth-order valence-corrected chi connectivity index (χ4v) is 1.09. The molecule has 0 aromatic rings. The molecule has 0 aromatic heterocycles. The van der Waals surface area contributed by atoms with Crippen LogP contribution in [0.15, 0.2) is 23.8 Å². The van der Waals surface area contributed by atoms with Crippen molar-refractivity contribution in [1.29, 1.82) is 0 Å². The Bertz CT molecular complexity index is 129. The molecule has 0 unspecified atom stereocenters. The van der Waals surface area contributed by atoms with Crippen molar-refractivity contribution >= 4 is 0 Å². The molecule has 0 heterocycles. The van der Waals surface area contributed by atoms with E-state index in [4.69, 9.17) is 0 Å². The average molecular weight is 138 g/mol. The van der Waals surface area contributed by atoms with Crippen LogP contribution < -0.4 is 0 Å². The smallest absolute Gasteiger partial charge is 0.0282 e. The predicted octanol–water partition coefficient (Wildman–Crippen LogP) is 3.70. The molecule has 1 aliphatic carbocycles. The van der Waals surface area contributed by atoms with E-state index in [0.29, 0.717) is 0 Å². The summed E-state index contributed by atoms with van der Waals surface area (Å²) in [4.78, 5) is 0. The fraction of sp³-hybridized carbons (Fsp3) is 0.600. The van der Waals surface area contributed by atoms with Crippen molar-refractivity contribution in [2.24, 2.45) is 0 Å². The van der Waals surface area contributed by atoms with Crippen molar-refractivity contribution in [2.45, 2.75) is 40.0 Å². The van der Waals surface area contributed by atoms with Gasteiger partial charge in [0.05, 0.1) is 0 Å². The van der Waals surface area contributed by atoms with Gasteiger partial charge < -0.3 is 0 Å². The van der Waals surface area contributed by atoms with Crippen LogP contribution in [0.4, 0.5) is 0 Å². The fourth-order valence-electron chi connectivity index (χ4n) is 1.09. The van der Waals surface area contributed by atoms with E-state index < -0.39 is 0 Å². The molecule has 58 valence electrons. The van der Waals surface area contributed by atoms with E-state index in [2.05, 4.69) is 19.6 Å². The maximum absolute atomic E-state index is 3.89. The van der Waals surface area contributed by atoms with E-state index in [-0.39, 0.29) is 0 Å². The van der Waals surface area contributed by atoms with E-state index in [9.17, 15) is 0 Å². The molecule has 1 rings (SSSR count). The molecular weight excluding hydrogens is 120 g/mol. The summed E-state index contributed by atoms with van der Waals surface area (Å²) >= 11 is 0. The molecule has 0 aromatic carbocycles. The highest BCUT2D eigenvalue weighted by molar-refractivity contribution is 5.22. The van der Waals surface area contributed by atoms with Crippen LogP contribution in [0.25, 0.3) is 0 Å². The molecule has 0 amide bonds. The lowest BCUT2D eigenvalue weighted by molar-refractivity contribution is 0.786. The second kappa shape index (κ2) is 5.28. The van der Waals surface area contributed by atoms with E-state index >= 15 is 0 Å². The Morgan fingerprint density at radius 2 is 1.90 bits per heavy atom. The van der Waals surface area contributed by atoms with E-state index in [0.717, 1.165) is 0 Å². The quantitative estimate of drug-likeness (QED) is 0.479. The Morgan fingerprint density at radius 1 is 1.30 bits per heavy atom. The number of allylic oxidation sites excluding steroid dienone is 3. The van der Waals surface area contributed by atoms with Gasteiger partial charge in [-0.05, 0) is 26.2 Å². The minimum absolute atomic E-state index is 1.21. The van der Waals surface area contributed by atoms with Crippen LogP contribution in [0.1, 0.15) is 40.0 Å². The van der Waals surface area contributed by atoms with E-state index in [1.165, 1.54) is 30.4 Å². The van der Waals surface area contributed by atoms with Crippen LogP contribution in [0.5, 0.6) is 0 Å². The van der Waals surface area contributed by atoms with E-state index in [1.807, 2.05) is 13.8 Å². The summed E-state index contributed by atoms with van der Waals surface area (Å²) in [7, 11) is 0. The number of rotatable bonds is 0. The lowest BCUT2D eigenvalue weighted by Crippen LogP contribution is -1.88. The molecule has 0 bridgehead atoms. The Kier molecular flexibility index (Phi) is 5.00. The lowest BCUT2D eigenvalue weighted by atomic mass is 9.98. The summed E-state index contributed by atoms with van der Waals surface area (Å²) in [5.74, 6) is 0. The van der Waals surface area contributed by atoms with Gasteiger partial charge in [0.15, 0.2) is 0 Å². The minimum atomic E-state index is 1.21. The summed E-state index contributed by atoms with van der Waals surface area (Å²) in [5.41, 5.74) is 2.79. The molecule has 0 radical (unpaired) electrons. The molecule has 10 heavy (non-hydrogen) atoms. The Balaban J connectivity index is 0.000000371. The Morgan fingerprint density at radius 3 is 2.20 bits per heavy atom. The zero-order valence-corrected chi connectivity index (χ0v) is 7.41. The first-order valence-corrected chi connectivity index (χ1v) is 4.14. The molecule has 1 aliphatic rings. The third kappa shape index (κ3) is 3.49. The molecule has 0 aliphatic heterocycles. The average Bonchev–Trinajstić information content (AvgIpc) is 1.91. The van der Waals surface area contributed by atoms with Crippen LogP contribution in [0, 0.1) is 0 Å². The second-order valence-electron chi connectivity index (χ2n) is 2.50. The zero-order chi connectivity index (χ0) is 7.98. The molecule has 0 saturated carbocycles. The zero-order valence-electron chi connectivity index (χ0n) is 7.41. The molecule has 0 saturated heterocycles. The van der Waals surface area contributed by atoms with Gasteiger partial charge in [-0.15, -0.1) is 0 Å². The van der Waals surface area contributed by atoms with Crippen molar-refractivity contribution < 1.29 is 0 Å². The number of hydrogen-bond donors (Lipinski definition) is 0.